The number of aryl methyl sites for hydroxylation is 1. The van der Waals surface area contributed by atoms with E-state index < -0.39 is 6.04 Å². The maximum absolute atomic E-state index is 13.5. The minimum Gasteiger partial charge on any atom is -0.496 e. The summed E-state index contributed by atoms with van der Waals surface area (Å²) < 4.78 is 12.0. The van der Waals surface area contributed by atoms with Gasteiger partial charge in [0.25, 0.3) is 5.91 Å². The molecule has 3 amide bonds. The Kier molecular flexibility index (Phi) is 7.54. The van der Waals surface area contributed by atoms with Gasteiger partial charge in [0.1, 0.15) is 29.5 Å². The number of halogens is 2. The van der Waals surface area contributed by atoms with E-state index in [9.17, 15) is 9.59 Å². The Balaban J connectivity index is 1.42. The summed E-state index contributed by atoms with van der Waals surface area (Å²) in [6, 6.07) is 15.6. The van der Waals surface area contributed by atoms with Crippen molar-refractivity contribution in [1.29, 1.82) is 0 Å². The zero-order valence-electron chi connectivity index (χ0n) is 21.5. The minimum absolute atomic E-state index is 0.219. The van der Waals surface area contributed by atoms with Crippen LogP contribution in [0, 0.1) is 6.92 Å². The second-order valence-corrected chi connectivity index (χ2v) is 11.7. The SMILES string of the molecule is COc1ccc([C@H]2SC[C@@H]3C(=O)N(c4ccc(Cl)cc4)C(=O)N32)cc1COc1c(C)cc(Cl)cc1C(C)C. The first-order chi connectivity index (χ1) is 18.2. The van der Waals surface area contributed by atoms with Crippen LogP contribution in [-0.2, 0) is 11.4 Å². The molecule has 0 N–H and O–H groups in total. The van der Waals surface area contributed by atoms with Crippen molar-refractivity contribution in [1.82, 2.24) is 4.90 Å². The Morgan fingerprint density at radius 1 is 1.03 bits per heavy atom. The maximum Gasteiger partial charge on any atom is 0.333 e. The van der Waals surface area contributed by atoms with Gasteiger partial charge in [-0.05, 0) is 78.1 Å². The summed E-state index contributed by atoms with van der Waals surface area (Å²) in [7, 11) is 1.62. The van der Waals surface area contributed by atoms with Crippen LogP contribution in [0.25, 0.3) is 0 Å². The van der Waals surface area contributed by atoms with E-state index in [0.29, 0.717) is 27.2 Å². The first-order valence-corrected chi connectivity index (χ1v) is 14.1. The molecule has 0 aromatic heterocycles. The lowest BCUT2D eigenvalue weighted by Crippen LogP contribution is -2.33. The standard InChI is InChI=1S/C29H28Cl2N2O4S/c1-16(2)23-13-21(31)11-17(3)26(23)37-14-19-12-18(5-10-25(19)36-4)28-33-24(15-38-28)27(34)32(29(33)35)22-8-6-20(30)7-9-22/h5-13,16,24,28H,14-15H2,1-4H3/t24-,28-/m1/s1. The van der Waals surface area contributed by atoms with Crippen LogP contribution in [-0.4, -0.2) is 35.7 Å². The number of nitrogens with zero attached hydrogens (tertiary/aromatic N) is 2. The Bertz CT molecular complexity index is 1400. The molecular formula is C29H28Cl2N2O4S. The van der Waals surface area contributed by atoms with Crippen LogP contribution in [0.2, 0.25) is 10.0 Å². The van der Waals surface area contributed by atoms with E-state index in [4.69, 9.17) is 32.7 Å². The van der Waals surface area contributed by atoms with Crippen molar-refractivity contribution in [2.24, 2.45) is 0 Å². The van der Waals surface area contributed by atoms with Crippen LogP contribution in [0.15, 0.2) is 54.6 Å². The number of hydrogen-bond donors (Lipinski definition) is 0. The Labute approximate surface area is 236 Å². The van der Waals surface area contributed by atoms with Crippen LogP contribution in [0.5, 0.6) is 11.5 Å². The number of methoxy groups -OCH3 is 1. The number of urea groups is 1. The zero-order chi connectivity index (χ0) is 27.1. The fourth-order valence-electron chi connectivity index (χ4n) is 4.97. The average molecular weight is 572 g/mol. The molecule has 0 unspecified atom stereocenters. The number of benzene rings is 3. The smallest absolute Gasteiger partial charge is 0.333 e. The van der Waals surface area contributed by atoms with Gasteiger partial charge in [-0.3, -0.25) is 9.69 Å². The van der Waals surface area contributed by atoms with Crippen molar-refractivity contribution < 1.29 is 19.1 Å². The predicted octanol–water partition coefficient (Wildman–Crippen LogP) is 7.60. The largest absolute Gasteiger partial charge is 0.496 e. The molecule has 5 rings (SSSR count). The minimum atomic E-state index is -0.514. The van der Waals surface area contributed by atoms with E-state index in [1.165, 1.54) is 4.90 Å². The fourth-order valence-corrected chi connectivity index (χ4v) is 6.78. The summed E-state index contributed by atoms with van der Waals surface area (Å²) in [5.41, 5.74) is 4.29. The number of hydrogen-bond acceptors (Lipinski definition) is 5. The van der Waals surface area contributed by atoms with Gasteiger partial charge >= 0.3 is 6.03 Å². The number of carbonyl (C=O) groups is 2. The molecule has 0 spiro atoms. The molecule has 9 heteroatoms. The summed E-state index contributed by atoms with van der Waals surface area (Å²) in [5, 5.41) is 0.925. The number of imide groups is 1. The topological polar surface area (TPSA) is 59.1 Å². The molecule has 38 heavy (non-hydrogen) atoms. The lowest BCUT2D eigenvalue weighted by atomic mass is 9.99. The average Bonchev–Trinajstić information content (AvgIpc) is 3.43. The highest BCUT2D eigenvalue weighted by Crippen LogP contribution is 2.47. The Hall–Kier alpha value is -2.87. The van der Waals surface area contributed by atoms with Crippen molar-refractivity contribution in [3.8, 4) is 11.5 Å². The third-order valence-electron chi connectivity index (χ3n) is 6.85. The molecule has 2 aliphatic heterocycles. The molecule has 2 atom stereocenters. The summed E-state index contributed by atoms with van der Waals surface area (Å²) in [6.45, 7) is 6.48. The molecule has 0 bridgehead atoms. The number of fused-ring (bicyclic) bond motifs is 1. The first-order valence-electron chi connectivity index (χ1n) is 12.3. The van der Waals surface area contributed by atoms with E-state index in [2.05, 4.69) is 13.8 Å². The van der Waals surface area contributed by atoms with Gasteiger partial charge in [-0.15, -0.1) is 11.8 Å². The molecule has 0 aliphatic carbocycles. The number of rotatable bonds is 7. The number of ether oxygens (including phenoxy) is 2. The maximum atomic E-state index is 13.5. The van der Waals surface area contributed by atoms with Crippen LogP contribution < -0.4 is 14.4 Å². The second-order valence-electron chi connectivity index (χ2n) is 9.70. The Morgan fingerprint density at radius 2 is 1.76 bits per heavy atom. The molecule has 2 heterocycles. The van der Waals surface area contributed by atoms with E-state index >= 15 is 0 Å². The van der Waals surface area contributed by atoms with Gasteiger partial charge in [0.15, 0.2) is 0 Å². The molecule has 198 valence electrons. The third-order valence-corrected chi connectivity index (χ3v) is 8.65. The summed E-state index contributed by atoms with van der Waals surface area (Å²) in [4.78, 5) is 29.6. The van der Waals surface area contributed by atoms with Crippen LogP contribution in [0.1, 0.15) is 47.4 Å². The highest BCUT2D eigenvalue weighted by atomic mass is 35.5. The quantitative estimate of drug-likeness (QED) is 0.274. The lowest BCUT2D eigenvalue weighted by molar-refractivity contribution is -0.119. The van der Waals surface area contributed by atoms with Crippen molar-refractivity contribution >= 4 is 52.6 Å². The van der Waals surface area contributed by atoms with Gasteiger partial charge in [0.05, 0.1) is 12.8 Å². The van der Waals surface area contributed by atoms with E-state index in [-0.39, 0.29) is 29.8 Å². The Morgan fingerprint density at radius 3 is 2.45 bits per heavy atom. The van der Waals surface area contributed by atoms with Gasteiger partial charge in [0.2, 0.25) is 0 Å². The van der Waals surface area contributed by atoms with Gasteiger partial charge in [0, 0.05) is 21.4 Å². The van der Waals surface area contributed by atoms with Crippen molar-refractivity contribution in [3.05, 3.63) is 86.9 Å². The zero-order valence-corrected chi connectivity index (χ0v) is 23.9. The summed E-state index contributed by atoms with van der Waals surface area (Å²) >= 11 is 13.9. The number of carbonyl (C=O) groups excluding carboxylic acids is 2. The first kappa shape index (κ1) is 26.7. The van der Waals surface area contributed by atoms with Gasteiger partial charge in [-0.1, -0.05) is 43.1 Å². The van der Waals surface area contributed by atoms with Crippen molar-refractivity contribution in [3.63, 3.8) is 0 Å². The van der Waals surface area contributed by atoms with Crippen molar-refractivity contribution in [2.75, 3.05) is 17.8 Å². The molecule has 2 saturated heterocycles. The molecule has 3 aromatic carbocycles. The summed E-state index contributed by atoms with van der Waals surface area (Å²) in [5.74, 6) is 2.05. The molecule has 6 nitrogen and oxygen atoms in total. The van der Waals surface area contributed by atoms with Gasteiger partial charge < -0.3 is 9.47 Å². The molecule has 3 aromatic rings. The molecular weight excluding hydrogens is 543 g/mol. The molecule has 2 fully saturated rings. The number of amides is 3. The van der Waals surface area contributed by atoms with E-state index in [1.807, 2.05) is 37.3 Å². The van der Waals surface area contributed by atoms with E-state index in [0.717, 1.165) is 28.0 Å². The predicted molar refractivity (Wildman–Crippen MR) is 153 cm³/mol. The normalized spacial score (nSPS) is 18.9. The van der Waals surface area contributed by atoms with Crippen LogP contribution >= 0.6 is 35.0 Å². The second kappa shape index (κ2) is 10.7. The molecule has 0 saturated carbocycles. The lowest BCUT2D eigenvalue weighted by Gasteiger charge is -2.24. The van der Waals surface area contributed by atoms with Crippen molar-refractivity contribution in [2.45, 2.75) is 44.7 Å². The van der Waals surface area contributed by atoms with Crippen LogP contribution in [0.4, 0.5) is 10.5 Å². The summed E-state index contributed by atoms with van der Waals surface area (Å²) in [6.07, 6.45) is 0. The number of anilines is 1. The number of thioether (sulfide) groups is 1. The fraction of sp³-hybridized carbons (Fsp3) is 0.310. The van der Waals surface area contributed by atoms with Gasteiger partial charge in [-0.25, -0.2) is 9.69 Å². The van der Waals surface area contributed by atoms with Crippen LogP contribution in [0.3, 0.4) is 0 Å². The highest BCUT2D eigenvalue weighted by Gasteiger charge is 2.53. The third kappa shape index (κ3) is 4.83. The molecule has 0 radical (unpaired) electrons. The monoisotopic (exact) mass is 570 g/mol. The molecule has 2 aliphatic rings. The highest BCUT2D eigenvalue weighted by molar-refractivity contribution is 7.99. The van der Waals surface area contributed by atoms with Gasteiger partial charge in [-0.2, -0.15) is 0 Å². The van der Waals surface area contributed by atoms with E-state index in [1.54, 1.807) is 48.0 Å².